The molecule has 0 unspecified atom stereocenters. The van der Waals surface area contributed by atoms with Crippen molar-refractivity contribution < 1.29 is 4.79 Å². The maximum Gasteiger partial charge on any atom is 0.242 e. The van der Waals surface area contributed by atoms with Crippen molar-refractivity contribution in [3.63, 3.8) is 0 Å². The Labute approximate surface area is 102 Å². The van der Waals surface area contributed by atoms with Crippen molar-refractivity contribution in [3.05, 3.63) is 29.6 Å². The van der Waals surface area contributed by atoms with Crippen molar-refractivity contribution in [1.29, 1.82) is 0 Å². The molecule has 0 bridgehead atoms. The van der Waals surface area contributed by atoms with Crippen LogP contribution in [0.1, 0.15) is 25.1 Å². The van der Waals surface area contributed by atoms with Crippen LogP contribution in [0.25, 0.3) is 0 Å². The second-order valence-electron chi connectivity index (χ2n) is 5.05. The minimum Gasteiger partial charge on any atom is -0.334 e. The molecule has 0 spiro atoms. The quantitative estimate of drug-likeness (QED) is 0.832. The van der Waals surface area contributed by atoms with Gasteiger partial charge in [0.2, 0.25) is 5.91 Å². The predicted molar refractivity (Wildman–Crippen MR) is 66.5 cm³/mol. The summed E-state index contributed by atoms with van der Waals surface area (Å²) in [6.45, 7) is 8.07. The third-order valence-electron chi connectivity index (χ3n) is 3.23. The summed E-state index contributed by atoms with van der Waals surface area (Å²) in [4.78, 5) is 18.4. The largest absolute Gasteiger partial charge is 0.334 e. The number of hydrogen-bond donors (Lipinski definition) is 1. The summed E-state index contributed by atoms with van der Waals surface area (Å²) in [7, 11) is 0. The first-order chi connectivity index (χ1) is 8.00. The minimum atomic E-state index is -0.457. The topological polar surface area (TPSA) is 45.2 Å². The van der Waals surface area contributed by atoms with Crippen LogP contribution >= 0.6 is 0 Å². The number of piperazine rings is 1. The first-order valence-electron chi connectivity index (χ1n) is 5.95. The van der Waals surface area contributed by atoms with Gasteiger partial charge in [-0.2, -0.15) is 0 Å². The van der Waals surface area contributed by atoms with E-state index in [1.165, 1.54) is 0 Å². The van der Waals surface area contributed by atoms with Crippen LogP contribution in [0.15, 0.2) is 18.3 Å². The van der Waals surface area contributed by atoms with E-state index in [1.807, 2.05) is 37.8 Å². The summed E-state index contributed by atoms with van der Waals surface area (Å²) in [5.74, 6) is 0.147. The van der Waals surface area contributed by atoms with E-state index < -0.39 is 5.54 Å². The van der Waals surface area contributed by atoms with Gasteiger partial charge < -0.3 is 10.2 Å². The van der Waals surface area contributed by atoms with Crippen LogP contribution < -0.4 is 5.32 Å². The highest BCUT2D eigenvalue weighted by molar-refractivity contribution is 5.86. The van der Waals surface area contributed by atoms with E-state index in [2.05, 4.69) is 10.3 Å². The fraction of sp³-hybridized carbons (Fsp3) is 0.538. The first kappa shape index (κ1) is 12.0. The van der Waals surface area contributed by atoms with Crippen molar-refractivity contribution >= 4 is 5.91 Å². The van der Waals surface area contributed by atoms with Crippen LogP contribution in [0, 0.1) is 6.92 Å². The van der Waals surface area contributed by atoms with Crippen LogP contribution in [0.4, 0.5) is 0 Å². The fourth-order valence-electron chi connectivity index (χ4n) is 2.09. The number of hydrogen-bond acceptors (Lipinski definition) is 3. The average molecular weight is 233 g/mol. The van der Waals surface area contributed by atoms with E-state index in [4.69, 9.17) is 0 Å². The SMILES string of the molecule is Cc1cccnc1CN1CCNC(C)(C)C1=O. The lowest BCUT2D eigenvalue weighted by Crippen LogP contribution is -2.60. The fourth-order valence-corrected chi connectivity index (χ4v) is 2.09. The number of carbonyl (C=O) groups is 1. The molecule has 0 aliphatic carbocycles. The second kappa shape index (κ2) is 4.45. The Balaban J connectivity index is 2.14. The Kier molecular flexibility index (Phi) is 3.15. The molecule has 1 aromatic rings. The molecule has 1 aliphatic heterocycles. The summed E-state index contributed by atoms with van der Waals surface area (Å²) >= 11 is 0. The van der Waals surface area contributed by atoms with E-state index in [1.54, 1.807) is 6.20 Å². The van der Waals surface area contributed by atoms with Gasteiger partial charge in [0, 0.05) is 19.3 Å². The summed E-state index contributed by atoms with van der Waals surface area (Å²) in [6, 6.07) is 3.95. The second-order valence-corrected chi connectivity index (χ2v) is 5.05. The standard InChI is InChI=1S/C13H19N3O/c1-10-5-4-6-14-11(10)9-16-8-7-15-13(2,3)12(16)17/h4-6,15H,7-9H2,1-3H3. The van der Waals surface area contributed by atoms with E-state index >= 15 is 0 Å². The average Bonchev–Trinajstić information content (AvgIpc) is 2.28. The number of aromatic nitrogens is 1. The highest BCUT2D eigenvalue weighted by Crippen LogP contribution is 2.15. The van der Waals surface area contributed by atoms with Gasteiger partial charge in [0.05, 0.1) is 17.8 Å². The van der Waals surface area contributed by atoms with Crippen molar-refractivity contribution in [1.82, 2.24) is 15.2 Å². The zero-order chi connectivity index (χ0) is 12.5. The molecule has 0 aromatic carbocycles. The predicted octanol–water partition coefficient (Wildman–Crippen LogP) is 1.10. The molecule has 0 radical (unpaired) electrons. The third kappa shape index (κ3) is 2.47. The van der Waals surface area contributed by atoms with Gasteiger partial charge >= 0.3 is 0 Å². The molecule has 2 rings (SSSR count). The van der Waals surface area contributed by atoms with E-state index in [0.717, 1.165) is 24.3 Å². The van der Waals surface area contributed by atoms with Gasteiger partial charge in [0.15, 0.2) is 0 Å². The van der Waals surface area contributed by atoms with Crippen LogP contribution in [0.3, 0.4) is 0 Å². The number of nitrogens with one attached hydrogen (secondary N) is 1. The van der Waals surface area contributed by atoms with Crippen LogP contribution in [-0.4, -0.2) is 34.4 Å². The molecule has 4 nitrogen and oxygen atoms in total. The molecule has 1 N–H and O–H groups in total. The van der Waals surface area contributed by atoms with Gasteiger partial charge in [0.1, 0.15) is 0 Å². The van der Waals surface area contributed by atoms with Crippen molar-refractivity contribution in [2.45, 2.75) is 32.9 Å². The lowest BCUT2D eigenvalue weighted by molar-refractivity contribution is -0.140. The molecule has 1 amide bonds. The Bertz CT molecular complexity index is 428. The van der Waals surface area contributed by atoms with Crippen molar-refractivity contribution in [2.24, 2.45) is 0 Å². The van der Waals surface area contributed by atoms with E-state index in [0.29, 0.717) is 6.54 Å². The highest BCUT2D eigenvalue weighted by Gasteiger charge is 2.35. The summed E-state index contributed by atoms with van der Waals surface area (Å²) in [5, 5.41) is 3.23. The molecule has 1 aromatic heterocycles. The molecule has 2 heterocycles. The zero-order valence-electron chi connectivity index (χ0n) is 10.7. The molecular formula is C13H19N3O. The minimum absolute atomic E-state index is 0.147. The maximum absolute atomic E-state index is 12.2. The molecule has 0 atom stereocenters. The molecule has 1 saturated heterocycles. The van der Waals surface area contributed by atoms with Crippen molar-refractivity contribution in [3.8, 4) is 0 Å². The Hall–Kier alpha value is -1.42. The summed E-state index contributed by atoms with van der Waals surface area (Å²) < 4.78 is 0. The molecule has 1 fully saturated rings. The normalized spacial score (nSPS) is 19.5. The van der Waals surface area contributed by atoms with Crippen LogP contribution in [-0.2, 0) is 11.3 Å². The molecule has 0 saturated carbocycles. The van der Waals surface area contributed by atoms with Crippen molar-refractivity contribution in [2.75, 3.05) is 13.1 Å². The number of aryl methyl sites for hydroxylation is 1. The van der Waals surface area contributed by atoms with Gasteiger partial charge in [-0.15, -0.1) is 0 Å². The van der Waals surface area contributed by atoms with Gasteiger partial charge in [-0.1, -0.05) is 6.07 Å². The number of nitrogens with zero attached hydrogens (tertiary/aromatic N) is 2. The van der Waals surface area contributed by atoms with E-state index in [-0.39, 0.29) is 5.91 Å². The smallest absolute Gasteiger partial charge is 0.242 e. The molecular weight excluding hydrogens is 214 g/mol. The first-order valence-corrected chi connectivity index (χ1v) is 5.95. The molecule has 1 aliphatic rings. The van der Waals surface area contributed by atoms with Crippen LogP contribution in [0.2, 0.25) is 0 Å². The van der Waals surface area contributed by atoms with E-state index in [9.17, 15) is 4.79 Å². The summed E-state index contributed by atoms with van der Waals surface area (Å²) in [6.07, 6.45) is 1.78. The third-order valence-corrected chi connectivity index (χ3v) is 3.23. The Morgan fingerprint density at radius 1 is 1.53 bits per heavy atom. The number of rotatable bonds is 2. The van der Waals surface area contributed by atoms with Gasteiger partial charge in [-0.3, -0.25) is 9.78 Å². The Morgan fingerprint density at radius 3 is 3.00 bits per heavy atom. The summed E-state index contributed by atoms with van der Waals surface area (Å²) in [5.41, 5.74) is 1.66. The lowest BCUT2D eigenvalue weighted by Gasteiger charge is -2.38. The molecule has 17 heavy (non-hydrogen) atoms. The number of amides is 1. The van der Waals surface area contributed by atoms with Gasteiger partial charge in [0.25, 0.3) is 0 Å². The Morgan fingerprint density at radius 2 is 2.29 bits per heavy atom. The zero-order valence-corrected chi connectivity index (χ0v) is 10.7. The number of pyridine rings is 1. The van der Waals surface area contributed by atoms with Gasteiger partial charge in [-0.25, -0.2) is 0 Å². The molecule has 92 valence electrons. The maximum atomic E-state index is 12.2. The highest BCUT2D eigenvalue weighted by atomic mass is 16.2. The number of carbonyl (C=O) groups excluding carboxylic acids is 1. The lowest BCUT2D eigenvalue weighted by atomic mass is 10.0. The monoisotopic (exact) mass is 233 g/mol. The van der Waals surface area contributed by atoms with Gasteiger partial charge in [-0.05, 0) is 32.4 Å². The van der Waals surface area contributed by atoms with Crippen LogP contribution in [0.5, 0.6) is 0 Å². The molecule has 4 heteroatoms.